The van der Waals surface area contributed by atoms with Gasteiger partial charge >= 0.3 is 0 Å². The third-order valence-corrected chi connectivity index (χ3v) is 21.5. The molecule has 0 saturated carbocycles. The molecule has 16 atom stereocenters. The fraction of sp³-hybridized carbons (Fsp3) is 0.568. The van der Waals surface area contributed by atoms with E-state index in [9.17, 15) is 63.0 Å². The van der Waals surface area contributed by atoms with Crippen molar-refractivity contribution in [1.29, 1.82) is 0 Å². The van der Waals surface area contributed by atoms with Crippen molar-refractivity contribution in [2.75, 3.05) is 6.54 Å². The van der Waals surface area contributed by atoms with E-state index in [0.29, 0.717) is 61.6 Å². The molecule has 0 fully saturated rings. The van der Waals surface area contributed by atoms with E-state index in [1.807, 2.05) is 64.1 Å². The van der Waals surface area contributed by atoms with Crippen molar-refractivity contribution in [3.05, 3.63) is 114 Å². The number of aromatic hydroxyl groups is 1. The van der Waals surface area contributed by atoms with Crippen molar-refractivity contribution in [2.24, 2.45) is 29.4 Å². The van der Waals surface area contributed by atoms with Crippen molar-refractivity contribution in [1.82, 2.24) is 74.1 Å². The first-order valence-electron chi connectivity index (χ1n) is 41.9. The van der Waals surface area contributed by atoms with Crippen LogP contribution in [0.3, 0.4) is 0 Å². The normalized spacial score (nSPS) is 21.8. The Morgan fingerprint density at radius 3 is 1.74 bits per heavy atom. The molecule has 33 heteroatoms. The first-order valence-corrected chi connectivity index (χ1v) is 41.9. The van der Waals surface area contributed by atoms with Gasteiger partial charge in [-0.15, -0.1) is 0 Å². The Kier molecular flexibility index (Phi) is 40.0. The molecule has 3 aromatic carbocycles. The summed E-state index contributed by atoms with van der Waals surface area (Å²) >= 11 is 0. The number of nitrogens with one attached hydrogen (secondary N) is 14. The monoisotopic (exact) mass is 1680 g/mol. The number of aliphatic hydroxyl groups excluding tert-OH is 1. The Labute approximate surface area is 708 Å². The standard InChI is InChI=1S/C88H129N15O18/c1-49(2)42-62-36-39-71(107)67(46-63-48-91-66-33-27-26-32-65(63)66)98-81(116)69(45-61-34-37-64(106)38-35-61)99-79(114)57(11)96-86(121)88(15,103-83(118)70(44-60-30-24-23-25-31-60)100-84(119)72(58(12)104)101-82(117)68(43-50(3)4)97-59(13)105)41-29-22-20-18-16-17-19-21-28-40-87(14,102-80(62)115)85(120)95-56(10)78(113)94-55(9)77(112)93-54(8)76(111)92-53(7)74(109)73(108)52(6)90-47-51(5)75(89)110/h17,19,23-27,30-35,37-38,48-58,62,67-70,72,90-91,104,106H,16,18,20-22,28-29,36,39-47H2,1-15H3,(H2,89,110)(H,92,111)(H,93,112)(H,94,113)(H,95,120)(H,96,121)(H,97,105)(H,98,116)(H,99,114)(H,100,119)(H,101,117)(H,102,115)(H,103,118)/b19-17+/t51-,52-,53-,54?,55-,56?,57?,58+,62-,67-,68-,69-,70-,72-,87-,88+/m0/s1. The second-order valence-corrected chi connectivity index (χ2v) is 33.5. The van der Waals surface area contributed by atoms with Gasteiger partial charge in [-0.3, -0.25) is 76.7 Å². The summed E-state index contributed by atoms with van der Waals surface area (Å²) in [4.78, 5) is 227. The number of ketones is 3. The number of Topliss-reactive ketones (excluding diaryl/α,β-unsaturated/α-hetero) is 3. The quantitative estimate of drug-likeness (QED) is 0.0240. The molecule has 3 unspecified atom stereocenters. The van der Waals surface area contributed by atoms with E-state index < -0.39 is 190 Å². The number of allylic oxidation sites excluding steroid dienone is 2. The van der Waals surface area contributed by atoms with Crippen LogP contribution in [0.5, 0.6) is 5.75 Å². The zero-order valence-electron chi connectivity index (χ0n) is 72.5. The Hall–Kier alpha value is -11.2. The fourth-order valence-electron chi connectivity index (χ4n) is 13.9. The molecule has 0 aliphatic carbocycles. The molecule has 18 N–H and O–H groups in total. The third-order valence-electron chi connectivity index (χ3n) is 21.5. The zero-order chi connectivity index (χ0) is 90.2. The third kappa shape index (κ3) is 32.7. The van der Waals surface area contributed by atoms with Crippen LogP contribution in [0.25, 0.3) is 10.9 Å². The van der Waals surface area contributed by atoms with Crippen LogP contribution in [0.4, 0.5) is 0 Å². The summed E-state index contributed by atoms with van der Waals surface area (Å²) in [6.45, 7) is 22.6. The number of fused-ring (bicyclic) bond motifs is 1. The molecule has 13 amide bonds. The lowest BCUT2D eigenvalue weighted by Crippen LogP contribution is -2.64. The van der Waals surface area contributed by atoms with Gasteiger partial charge in [-0.1, -0.05) is 127 Å². The topological polar surface area (TPSA) is 512 Å². The number of phenols is 1. The molecule has 0 bridgehead atoms. The zero-order valence-corrected chi connectivity index (χ0v) is 72.5. The molecule has 121 heavy (non-hydrogen) atoms. The van der Waals surface area contributed by atoms with E-state index in [2.05, 4.69) is 74.1 Å². The van der Waals surface area contributed by atoms with Gasteiger partial charge < -0.3 is 90.0 Å². The molecular weight excluding hydrogens is 1560 g/mol. The molecule has 664 valence electrons. The summed E-state index contributed by atoms with van der Waals surface area (Å²) in [6.07, 6.45) is 7.23. The van der Waals surface area contributed by atoms with Crippen LogP contribution in [0.1, 0.15) is 204 Å². The van der Waals surface area contributed by atoms with Crippen LogP contribution in [0.2, 0.25) is 0 Å². The van der Waals surface area contributed by atoms with Gasteiger partial charge in [0.1, 0.15) is 65.2 Å². The van der Waals surface area contributed by atoms with Crippen molar-refractivity contribution in [2.45, 2.75) is 290 Å². The van der Waals surface area contributed by atoms with Gasteiger partial charge in [0, 0.05) is 68.1 Å². The molecule has 0 spiro atoms. The minimum atomic E-state index is -1.83. The number of H-pyrrole nitrogens is 1. The number of hydrogen-bond donors (Lipinski definition) is 17. The number of hydrogen-bond acceptors (Lipinski definition) is 19. The fourth-order valence-corrected chi connectivity index (χ4v) is 13.9. The average molecular weight is 1690 g/mol. The molecular formula is C88H129N15O18. The molecule has 5 rings (SSSR count). The lowest BCUT2D eigenvalue weighted by Gasteiger charge is -2.33. The number of phenolic OH excluding ortho intramolecular Hbond substituents is 1. The first-order chi connectivity index (χ1) is 56.9. The van der Waals surface area contributed by atoms with E-state index in [1.54, 1.807) is 43.5 Å². The minimum absolute atomic E-state index is 0.0201. The van der Waals surface area contributed by atoms with E-state index in [4.69, 9.17) is 5.73 Å². The van der Waals surface area contributed by atoms with Crippen LogP contribution < -0.4 is 74.9 Å². The Balaban J connectivity index is 1.48. The Morgan fingerprint density at radius 1 is 0.554 bits per heavy atom. The minimum Gasteiger partial charge on any atom is -0.508 e. The Bertz CT molecular complexity index is 4280. The highest BCUT2D eigenvalue weighted by molar-refractivity contribution is 6.41. The van der Waals surface area contributed by atoms with Crippen molar-refractivity contribution in [3.8, 4) is 5.75 Å². The average Bonchev–Trinajstić information content (AvgIpc) is 1.78. The SMILES string of the molecule is CC(=O)N[C@@H](CC(C)C)C(=O)N[C@H](C(=O)N[C@@H](Cc1ccccc1)C(=O)N[C@]1(C)CCCCCC/C=C/CCC[C@@](C)(C(=O)NC(C)C(=O)N[C@@H](C)C(=O)NC(C)C(=O)N[C@@H](C)C(=O)C(=O)[C@H](C)NC[C@H](C)C(N)=O)NC(=O)[C@H](CC(C)C)CCC(=O)[C@H](Cc2c[nH]c3ccccc23)NC(=O)[C@H](Cc2ccc(O)cc2)NC(=O)C(C)NC1=O)[C@@H](C)O. The van der Waals surface area contributed by atoms with Crippen molar-refractivity contribution >= 4 is 105 Å². The highest BCUT2D eigenvalue weighted by Crippen LogP contribution is 2.26. The summed E-state index contributed by atoms with van der Waals surface area (Å²) < 4.78 is 0. The second-order valence-electron chi connectivity index (χ2n) is 33.5. The van der Waals surface area contributed by atoms with Crippen molar-refractivity contribution < 1.29 is 86.9 Å². The summed E-state index contributed by atoms with van der Waals surface area (Å²) in [6, 6.07) is 7.19. The second kappa shape index (κ2) is 48.3. The molecule has 4 aromatic rings. The predicted octanol–water partition coefficient (Wildman–Crippen LogP) is 3.38. The van der Waals surface area contributed by atoms with E-state index >= 15 is 24.0 Å². The predicted molar refractivity (Wildman–Crippen MR) is 455 cm³/mol. The number of aliphatic hydroxyl groups is 1. The first kappa shape index (κ1) is 100. The maximum absolute atomic E-state index is 15.2. The molecule has 1 aliphatic heterocycles. The maximum Gasteiger partial charge on any atom is 0.246 e. The summed E-state index contributed by atoms with van der Waals surface area (Å²) in [7, 11) is 0. The van der Waals surface area contributed by atoms with Crippen LogP contribution in [0, 0.1) is 23.7 Å². The highest BCUT2D eigenvalue weighted by atomic mass is 16.3. The number of amides is 13. The van der Waals surface area contributed by atoms with Gasteiger partial charge in [0.05, 0.1) is 24.2 Å². The number of nitrogens with two attached hydrogens (primary N) is 1. The lowest BCUT2D eigenvalue weighted by molar-refractivity contribution is -0.140. The maximum atomic E-state index is 15.2. The van der Waals surface area contributed by atoms with Gasteiger partial charge in [0.15, 0.2) is 5.78 Å². The number of carbonyl (C=O) groups excluding carboxylic acids is 16. The lowest BCUT2D eigenvalue weighted by atomic mass is 9.87. The number of rotatable bonds is 33. The number of aromatic amines is 1. The molecule has 1 aromatic heterocycles. The van der Waals surface area contributed by atoms with Gasteiger partial charge in [0.25, 0.3) is 0 Å². The number of primary amides is 1. The largest absolute Gasteiger partial charge is 0.508 e. The molecule has 1 aliphatic rings. The molecule has 2 heterocycles. The van der Waals surface area contributed by atoms with Gasteiger partial charge in [-0.25, -0.2) is 0 Å². The number of aromatic nitrogens is 1. The summed E-state index contributed by atoms with van der Waals surface area (Å²) in [5, 5.41) is 57.1. The van der Waals surface area contributed by atoms with Gasteiger partial charge in [-0.2, -0.15) is 0 Å². The summed E-state index contributed by atoms with van der Waals surface area (Å²) in [5.74, 6) is -14.2. The van der Waals surface area contributed by atoms with Crippen LogP contribution in [-0.2, 0) is 96.0 Å². The van der Waals surface area contributed by atoms with Crippen LogP contribution >= 0.6 is 0 Å². The van der Waals surface area contributed by atoms with Gasteiger partial charge in [-0.05, 0) is 167 Å². The number of para-hydroxylation sites is 1. The van der Waals surface area contributed by atoms with Crippen LogP contribution in [-0.4, -0.2) is 200 Å². The van der Waals surface area contributed by atoms with E-state index in [0.717, 1.165) is 10.9 Å². The van der Waals surface area contributed by atoms with Gasteiger partial charge in [0.2, 0.25) is 88.4 Å². The Morgan fingerprint density at radius 2 is 1.13 bits per heavy atom. The number of benzene rings is 3. The van der Waals surface area contributed by atoms with E-state index in [-0.39, 0.29) is 81.9 Å². The molecule has 0 radical (unpaired) electrons. The molecule has 33 nitrogen and oxygen atoms in total. The smallest absolute Gasteiger partial charge is 0.246 e. The van der Waals surface area contributed by atoms with E-state index in [1.165, 1.54) is 93.5 Å². The van der Waals surface area contributed by atoms with Crippen molar-refractivity contribution in [3.63, 3.8) is 0 Å². The number of carbonyl (C=O) groups is 16. The van der Waals surface area contributed by atoms with Crippen LogP contribution in [0.15, 0.2) is 97.2 Å². The highest BCUT2D eigenvalue weighted by Gasteiger charge is 2.43. The molecule has 0 saturated heterocycles. The summed E-state index contributed by atoms with van der Waals surface area (Å²) in [5.41, 5.74) is 4.16.